The standard InChI is InChI=1S/C20H30N2O3/c1-16(18-7-5-4-6-8-18)20(24)21(2)15-19(23)22-12-9-17(10-13-22)11-14-25-3/h4-8,16-17H,9-15H2,1-3H3. The van der Waals surface area contributed by atoms with Gasteiger partial charge in [-0.25, -0.2) is 0 Å². The largest absolute Gasteiger partial charge is 0.385 e. The minimum absolute atomic E-state index is 0.0190. The van der Waals surface area contributed by atoms with Gasteiger partial charge in [-0.3, -0.25) is 9.59 Å². The minimum atomic E-state index is -0.237. The van der Waals surface area contributed by atoms with Crippen molar-refractivity contribution in [3.63, 3.8) is 0 Å². The van der Waals surface area contributed by atoms with Crippen LogP contribution in [0.5, 0.6) is 0 Å². The highest BCUT2D eigenvalue weighted by molar-refractivity contribution is 5.88. The fourth-order valence-electron chi connectivity index (χ4n) is 3.35. The third kappa shape index (κ3) is 5.56. The van der Waals surface area contributed by atoms with Gasteiger partial charge in [0.1, 0.15) is 0 Å². The number of benzene rings is 1. The second kappa shape index (κ2) is 9.56. The molecule has 5 heteroatoms. The Morgan fingerprint density at radius 2 is 1.88 bits per heavy atom. The first kappa shape index (κ1) is 19.4. The summed E-state index contributed by atoms with van der Waals surface area (Å²) >= 11 is 0. The van der Waals surface area contributed by atoms with E-state index in [1.54, 1.807) is 19.1 Å². The molecule has 5 nitrogen and oxygen atoms in total. The molecule has 1 saturated heterocycles. The fraction of sp³-hybridized carbons (Fsp3) is 0.600. The van der Waals surface area contributed by atoms with Crippen LogP contribution in [0.1, 0.15) is 37.7 Å². The molecule has 1 heterocycles. The molecule has 0 bridgehead atoms. The first-order valence-electron chi connectivity index (χ1n) is 9.09. The number of rotatable bonds is 7. The molecule has 138 valence electrons. The van der Waals surface area contributed by atoms with Gasteiger partial charge in [0.15, 0.2) is 0 Å². The molecule has 0 spiro atoms. The molecule has 1 aromatic rings. The Bertz CT molecular complexity index is 553. The van der Waals surface area contributed by atoms with Crippen molar-refractivity contribution < 1.29 is 14.3 Å². The van der Waals surface area contributed by atoms with Crippen molar-refractivity contribution >= 4 is 11.8 Å². The van der Waals surface area contributed by atoms with Crippen molar-refractivity contribution in [2.75, 3.05) is 40.4 Å². The molecule has 1 fully saturated rings. The number of hydrogen-bond acceptors (Lipinski definition) is 3. The molecule has 0 N–H and O–H groups in total. The lowest BCUT2D eigenvalue weighted by molar-refractivity contribution is -0.140. The molecule has 1 aliphatic heterocycles. The first-order valence-corrected chi connectivity index (χ1v) is 9.09. The maximum absolute atomic E-state index is 12.6. The highest BCUT2D eigenvalue weighted by Gasteiger charge is 2.26. The van der Waals surface area contributed by atoms with Gasteiger partial charge in [-0.15, -0.1) is 0 Å². The van der Waals surface area contributed by atoms with Gasteiger partial charge in [0.2, 0.25) is 11.8 Å². The highest BCUT2D eigenvalue weighted by atomic mass is 16.5. The summed E-state index contributed by atoms with van der Waals surface area (Å²) in [5.74, 6) is 0.427. The molecule has 0 radical (unpaired) electrons. The highest BCUT2D eigenvalue weighted by Crippen LogP contribution is 2.21. The summed E-state index contributed by atoms with van der Waals surface area (Å²) in [6.45, 7) is 4.39. The Hall–Kier alpha value is -1.88. The van der Waals surface area contributed by atoms with Crippen LogP contribution in [-0.2, 0) is 14.3 Å². The lowest BCUT2D eigenvalue weighted by atomic mass is 9.94. The number of methoxy groups -OCH3 is 1. The van der Waals surface area contributed by atoms with Crippen molar-refractivity contribution in [3.8, 4) is 0 Å². The van der Waals surface area contributed by atoms with E-state index in [4.69, 9.17) is 4.74 Å². The molecule has 25 heavy (non-hydrogen) atoms. The maximum atomic E-state index is 12.6. The van der Waals surface area contributed by atoms with Crippen LogP contribution in [-0.4, -0.2) is 62.0 Å². The van der Waals surface area contributed by atoms with Crippen molar-refractivity contribution in [2.45, 2.75) is 32.1 Å². The third-order valence-electron chi connectivity index (χ3n) is 5.12. The predicted octanol–water partition coefficient (Wildman–Crippen LogP) is 2.52. The molecular weight excluding hydrogens is 316 g/mol. The molecule has 0 saturated carbocycles. The summed E-state index contributed by atoms with van der Waals surface area (Å²) in [5, 5.41) is 0. The number of amides is 2. The summed E-state index contributed by atoms with van der Waals surface area (Å²) in [6, 6.07) is 9.69. The van der Waals surface area contributed by atoms with Gasteiger partial charge in [0, 0.05) is 33.9 Å². The maximum Gasteiger partial charge on any atom is 0.242 e. The number of piperidine rings is 1. The second-order valence-corrected chi connectivity index (χ2v) is 6.93. The Kier molecular flexibility index (Phi) is 7.44. The number of carbonyl (C=O) groups is 2. The number of hydrogen-bond donors (Lipinski definition) is 0. The van der Waals surface area contributed by atoms with E-state index in [9.17, 15) is 9.59 Å². The molecule has 0 aliphatic carbocycles. The van der Waals surface area contributed by atoms with Crippen LogP contribution >= 0.6 is 0 Å². The van der Waals surface area contributed by atoms with Crippen LogP contribution in [0.15, 0.2) is 30.3 Å². The molecule has 1 aliphatic rings. The van der Waals surface area contributed by atoms with Crippen LogP contribution in [0.4, 0.5) is 0 Å². The van der Waals surface area contributed by atoms with Gasteiger partial charge >= 0.3 is 0 Å². The van der Waals surface area contributed by atoms with E-state index in [1.165, 1.54) is 0 Å². The molecule has 2 rings (SSSR count). The molecule has 2 amide bonds. The SMILES string of the molecule is COCCC1CCN(C(=O)CN(C)C(=O)C(C)c2ccccc2)CC1. The van der Waals surface area contributed by atoms with Crippen LogP contribution < -0.4 is 0 Å². The summed E-state index contributed by atoms with van der Waals surface area (Å²) < 4.78 is 5.13. The Morgan fingerprint density at radius 1 is 1.24 bits per heavy atom. The average Bonchev–Trinajstić information content (AvgIpc) is 2.66. The Balaban J connectivity index is 1.81. The second-order valence-electron chi connectivity index (χ2n) is 6.93. The molecular formula is C20H30N2O3. The summed E-state index contributed by atoms with van der Waals surface area (Å²) in [5.41, 5.74) is 0.978. The van der Waals surface area contributed by atoms with Crippen molar-refractivity contribution in [1.82, 2.24) is 9.80 Å². The van der Waals surface area contributed by atoms with Gasteiger partial charge in [0.05, 0.1) is 12.5 Å². The van der Waals surface area contributed by atoms with Gasteiger partial charge in [-0.2, -0.15) is 0 Å². The van der Waals surface area contributed by atoms with Crippen LogP contribution in [0, 0.1) is 5.92 Å². The Morgan fingerprint density at radius 3 is 2.48 bits per heavy atom. The van der Waals surface area contributed by atoms with Gasteiger partial charge < -0.3 is 14.5 Å². The zero-order chi connectivity index (χ0) is 18.2. The molecule has 1 aromatic carbocycles. The molecule has 1 atom stereocenters. The lowest BCUT2D eigenvalue weighted by Gasteiger charge is -2.33. The van der Waals surface area contributed by atoms with E-state index in [0.29, 0.717) is 5.92 Å². The first-order chi connectivity index (χ1) is 12.0. The average molecular weight is 346 g/mol. The van der Waals surface area contributed by atoms with E-state index in [0.717, 1.165) is 44.5 Å². The zero-order valence-corrected chi connectivity index (χ0v) is 15.6. The fourth-order valence-corrected chi connectivity index (χ4v) is 3.35. The predicted molar refractivity (Wildman–Crippen MR) is 98.3 cm³/mol. The van der Waals surface area contributed by atoms with Crippen molar-refractivity contribution in [3.05, 3.63) is 35.9 Å². The van der Waals surface area contributed by atoms with Crippen LogP contribution in [0.25, 0.3) is 0 Å². The van der Waals surface area contributed by atoms with Crippen molar-refractivity contribution in [2.24, 2.45) is 5.92 Å². The van der Waals surface area contributed by atoms with E-state index >= 15 is 0 Å². The number of likely N-dealkylation sites (N-methyl/N-ethyl adjacent to an activating group) is 1. The number of likely N-dealkylation sites (tertiary alicyclic amines) is 1. The van der Waals surface area contributed by atoms with Gasteiger partial charge in [-0.05, 0) is 37.7 Å². The van der Waals surface area contributed by atoms with E-state index in [2.05, 4.69) is 0 Å². The molecule has 0 aromatic heterocycles. The van der Waals surface area contributed by atoms with E-state index in [1.807, 2.05) is 42.2 Å². The zero-order valence-electron chi connectivity index (χ0n) is 15.6. The van der Waals surface area contributed by atoms with Crippen LogP contribution in [0.3, 0.4) is 0 Å². The number of carbonyl (C=O) groups excluding carboxylic acids is 2. The summed E-state index contributed by atoms with van der Waals surface area (Å²) in [4.78, 5) is 28.5. The molecule has 1 unspecified atom stereocenters. The summed E-state index contributed by atoms with van der Waals surface area (Å²) in [7, 11) is 3.44. The monoisotopic (exact) mass is 346 g/mol. The number of nitrogens with zero attached hydrogens (tertiary/aromatic N) is 2. The quantitative estimate of drug-likeness (QED) is 0.762. The van der Waals surface area contributed by atoms with E-state index < -0.39 is 0 Å². The normalized spacial score (nSPS) is 16.5. The van der Waals surface area contributed by atoms with E-state index in [-0.39, 0.29) is 24.3 Å². The number of ether oxygens (including phenoxy) is 1. The minimum Gasteiger partial charge on any atom is -0.385 e. The van der Waals surface area contributed by atoms with Gasteiger partial charge in [0.25, 0.3) is 0 Å². The van der Waals surface area contributed by atoms with Crippen molar-refractivity contribution in [1.29, 1.82) is 0 Å². The lowest BCUT2D eigenvalue weighted by Crippen LogP contribution is -2.45. The Labute approximate surface area is 150 Å². The smallest absolute Gasteiger partial charge is 0.242 e. The summed E-state index contributed by atoms with van der Waals surface area (Å²) in [6.07, 6.45) is 3.10. The topological polar surface area (TPSA) is 49.9 Å². The van der Waals surface area contributed by atoms with Crippen LogP contribution in [0.2, 0.25) is 0 Å². The van der Waals surface area contributed by atoms with Gasteiger partial charge in [-0.1, -0.05) is 30.3 Å². The third-order valence-corrected chi connectivity index (χ3v) is 5.12.